The van der Waals surface area contributed by atoms with Gasteiger partial charge >= 0.3 is 0 Å². The van der Waals surface area contributed by atoms with E-state index in [2.05, 4.69) is 154 Å². The predicted octanol–water partition coefficient (Wildman–Crippen LogP) is 8.36. The van der Waals surface area contributed by atoms with Gasteiger partial charge in [-0.1, -0.05) is 97.9 Å². The molecule has 0 N–H and O–H groups in total. The summed E-state index contributed by atoms with van der Waals surface area (Å²) in [6.45, 7) is 2.38. The summed E-state index contributed by atoms with van der Waals surface area (Å²) in [6.07, 6.45) is 5.47. The molecular formula is C43H28BN3O. The molecule has 4 aliphatic rings. The quantitative estimate of drug-likeness (QED) is 0.174. The second-order valence-corrected chi connectivity index (χ2v) is 13.8. The topological polar surface area (TPSA) is 22.3 Å². The molecule has 0 unspecified atom stereocenters. The number of hydrogen-bond acceptors (Lipinski definition) is 2. The zero-order chi connectivity index (χ0) is 31.2. The minimum atomic E-state index is 0.118. The van der Waals surface area contributed by atoms with Crippen LogP contribution < -0.4 is 26.0 Å². The van der Waals surface area contributed by atoms with Gasteiger partial charge in [-0.25, -0.2) is 0 Å². The van der Waals surface area contributed by atoms with Crippen molar-refractivity contribution < 1.29 is 4.74 Å². The molecule has 1 atom stereocenters. The Labute approximate surface area is 277 Å². The minimum Gasteiger partial charge on any atom is -0.457 e. The van der Waals surface area contributed by atoms with Crippen LogP contribution in [0.1, 0.15) is 13.3 Å². The SMILES string of the molecule is C[C@@H]1C=CC2=C(C1)Oc1ccccc1N2c1cc2c3c(c1)-n1c4ccccc4c4cccc(c41)B3c1cccc3c4ccccc4n-2c13. The molecule has 5 heterocycles. The first-order valence-electron chi connectivity index (χ1n) is 17.0. The average molecular weight is 614 g/mol. The Morgan fingerprint density at radius 1 is 0.625 bits per heavy atom. The molecule has 6 aromatic carbocycles. The van der Waals surface area contributed by atoms with E-state index in [4.69, 9.17) is 4.74 Å². The van der Waals surface area contributed by atoms with Crippen LogP contribution in [0.5, 0.6) is 5.75 Å². The second-order valence-electron chi connectivity index (χ2n) is 13.8. The van der Waals surface area contributed by atoms with Gasteiger partial charge in [-0.05, 0) is 64.8 Å². The largest absolute Gasteiger partial charge is 0.457 e. The number of nitrogens with zero attached hydrogens (tertiary/aromatic N) is 3. The van der Waals surface area contributed by atoms with Crippen molar-refractivity contribution in [1.29, 1.82) is 0 Å². The fraction of sp³-hybridized carbons (Fsp3) is 0.0698. The molecule has 12 rings (SSSR count). The van der Waals surface area contributed by atoms with Crippen LogP contribution in [0.4, 0.5) is 11.4 Å². The molecule has 0 saturated carbocycles. The zero-order valence-corrected chi connectivity index (χ0v) is 26.3. The molecule has 224 valence electrons. The van der Waals surface area contributed by atoms with Gasteiger partial charge in [-0.3, -0.25) is 0 Å². The number of ether oxygens (including phenoxy) is 1. The van der Waals surface area contributed by atoms with E-state index in [0.717, 1.165) is 35.0 Å². The lowest BCUT2D eigenvalue weighted by Gasteiger charge is -2.38. The Hall–Kier alpha value is -5.94. The number of fused-ring (bicyclic) bond motifs is 11. The highest BCUT2D eigenvalue weighted by atomic mass is 16.5. The van der Waals surface area contributed by atoms with Crippen LogP contribution >= 0.6 is 0 Å². The highest BCUT2D eigenvalue weighted by molar-refractivity contribution is 7.00. The smallest absolute Gasteiger partial charge is 0.252 e. The third-order valence-electron chi connectivity index (χ3n) is 11.2. The predicted molar refractivity (Wildman–Crippen MR) is 199 cm³/mol. The lowest BCUT2D eigenvalue weighted by molar-refractivity contribution is 0.371. The maximum absolute atomic E-state index is 6.61. The Morgan fingerprint density at radius 2 is 1.21 bits per heavy atom. The number of rotatable bonds is 1. The van der Waals surface area contributed by atoms with E-state index in [1.165, 1.54) is 71.4 Å². The minimum absolute atomic E-state index is 0.118. The van der Waals surface area contributed by atoms with Gasteiger partial charge in [0.25, 0.3) is 6.71 Å². The molecule has 0 saturated heterocycles. The van der Waals surface area contributed by atoms with E-state index in [1.54, 1.807) is 0 Å². The number of benzene rings is 6. The van der Waals surface area contributed by atoms with Crippen molar-refractivity contribution in [2.75, 3.05) is 4.90 Å². The van der Waals surface area contributed by atoms with Crippen LogP contribution in [0, 0.1) is 5.92 Å². The number of allylic oxidation sites excluding steroid dienone is 3. The van der Waals surface area contributed by atoms with Crippen molar-refractivity contribution in [3.05, 3.63) is 145 Å². The number of para-hydroxylation sites is 6. The van der Waals surface area contributed by atoms with Gasteiger partial charge in [0, 0.05) is 50.4 Å². The van der Waals surface area contributed by atoms with Gasteiger partial charge < -0.3 is 18.8 Å². The monoisotopic (exact) mass is 613 g/mol. The molecule has 2 aromatic heterocycles. The standard InChI is InChI=1S/C43H28BN3O/c1-25-20-21-36-40(22-25)48-39-19-7-6-18-35(39)45(36)26-23-37-41-38(24-26)47-34-17-5-3-11-28(34)30-13-9-15-32(43(30)47)44(41)31-14-8-12-29-27-10-2-4-16-33(27)46(37)42(29)31/h2-21,23-25H,22H2,1H3/t25-/m1/s1. The van der Waals surface area contributed by atoms with Gasteiger partial charge in [0.2, 0.25) is 0 Å². The molecule has 5 heteroatoms. The van der Waals surface area contributed by atoms with Crippen LogP contribution in [-0.2, 0) is 0 Å². The summed E-state index contributed by atoms with van der Waals surface area (Å²) in [7, 11) is 0. The molecular weight excluding hydrogens is 585 g/mol. The van der Waals surface area contributed by atoms with Crippen LogP contribution in [0.3, 0.4) is 0 Å². The van der Waals surface area contributed by atoms with E-state index in [-0.39, 0.29) is 6.71 Å². The second kappa shape index (κ2) is 8.70. The van der Waals surface area contributed by atoms with E-state index in [9.17, 15) is 0 Å². The van der Waals surface area contributed by atoms with Gasteiger partial charge in [0.05, 0.1) is 28.1 Å². The van der Waals surface area contributed by atoms with Crippen molar-refractivity contribution in [1.82, 2.24) is 9.13 Å². The van der Waals surface area contributed by atoms with Crippen LogP contribution in [0.25, 0.3) is 55.0 Å². The summed E-state index contributed by atoms with van der Waals surface area (Å²) >= 11 is 0. The van der Waals surface area contributed by atoms with Crippen LogP contribution in [0.2, 0.25) is 0 Å². The molecule has 3 aliphatic heterocycles. The molecule has 0 fully saturated rings. The molecule has 1 aliphatic carbocycles. The van der Waals surface area contributed by atoms with Crippen molar-refractivity contribution in [3.8, 4) is 17.1 Å². The zero-order valence-electron chi connectivity index (χ0n) is 26.3. The lowest BCUT2D eigenvalue weighted by atomic mass is 9.34. The van der Waals surface area contributed by atoms with E-state index in [1.807, 2.05) is 0 Å². The molecule has 0 spiro atoms. The fourth-order valence-electron chi connectivity index (χ4n) is 9.31. The third kappa shape index (κ3) is 2.95. The summed E-state index contributed by atoms with van der Waals surface area (Å²) in [5.74, 6) is 2.36. The summed E-state index contributed by atoms with van der Waals surface area (Å²) < 4.78 is 11.7. The lowest BCUT2D eigenvalue weighted by Crippen LogP contribution is -2.59. The highest BCUT2D eigenvalue weighted by Gasteiger charge is 2.42. The summed E-state index contributed by atoms with van der Waals surface area (Å²) in [5.41, 5.74) is 15.1. The first-order chi connectivity index (χ1) is 23.7. The summed E-state index contributed by atoms with van der Waals surface area (Å²) in [5, 5.41) is 5.21. The summed E-state index contributed by atoms with van der Waals surface area (Å²) in [6, 6.07) is 45.1. The maximum Gasteiger partial charge on any atom is 0.252 e. The molecule has 8 aromatic rings. The van der Waals surface area contributed by atoms with E-state index < -0.39 is 0 Å². The third-order valence-corrected chi connectivity index (χ3v) is 11.2. The Morgan fingerprint density at radius 3 is 1.88 bits per heavy atom. The van der Waals surface area contributed by atoms with Gasteiger partial charge in [-0.2, -0.15) is 0 Å². The molecule has 0 radical (unpaired) electrons. The molecule has 0 bridgehead atoms. The van der Waals surface area contributed by atoms with E-state index in [0.29, 0.717) is 5.92 Å². The first-order valence-corrected chi connectivity index (χ1v) is 17.0. The number of aromatic nitrogens is 2. The number of hydrogen-bond donors (Lipinski definition) is 0. The fourth-order valence-corrected chi connectivity index (χ4v) is 9.31. The summed E-state index contributed by atoms with van der Waals surface area (Å²) in [4.78, 5) is 2.44. The molecule has 0 amide bonds. The van der Waals surface area contributed by atoms with Crippen LogP contribution in [-0.4, -0.2) is 15.8 Å². The Balaban J connectivity index is 1.28. The Kier molecular flexibility index (Phi) is 4.56. The van der Waals surface area contributed by atoms with Crippen molar-refractivity contribution in [2.45, 2.75) is 13.3 Å². The van der Waals surface area contributed by atoms with Gasteiger partial charge in [0.1, 0.15) is 5.76 Å². The van der Waals surface area contributed by atoms with Gasteiger partial charge in [-0.15, -0.1) is 0 Å². The normalized spacial score (nSPS) is 16.9. The van der Waals surface area contributed by atoms with Crippen molar-refractivity contribution >= 4 is 78.1 Å². The van der Waals surface area contributed by atoms with Gasteiger partial charge in [0.15, 0.2) is 5.75 Å². The highest BCUT2D eigenvalue weighted by Crippen LogP contribution is 2.47. The first kappa shape index (κ1) is 25.2. The Bertz CT molecular complexity index is 2690. The van der Waals surface area contributed by atoms with Crippen molar-refractivity contribution in [2.24, 2.45) is 5.92 Å². The van der Waals surface area contributed by atoms with Crippen molar-refractivity contribution in [3.63, 3.8) is 0 Å². The van der Waals surface area contributed by atoms with Crippen LogP contribution in [0.15, 0.2) is 145 Å². The maximum atomic E-state index is 6.61. The molecule has 4 nitrogen and oxygen atoms in total. The number of anilines is 2. The average Bonchev–Trinajstić information content (AvgIpc) is 3.65. The van der Waals surface area contributed by atoms with E-state index >= 15 is 0 Å². The molecule has 48 heavy (non-hydrogen) atoms.